The van der Waals surface area contributed by atoms with Crippen LogP contribution in [0.15, 0.2) is 0 Å². The molecule has 0 bridgehead atoms. The van der Waals surface area contributed by atoms with Crippen LogP contribution < -0.4 is 5.32 Å². The molecule has 3 nitrogen and oxygen atoms in total. The second kappa shape index (κ2) is 7.39. The van der Waals surface area contributed by atoms with Crippen molar-refractivity contribution < 1.29 is 9.53 Å². The molecule has 104 valence electrons. The van der Waals surface area contributed by atoms with Crippen molar-refractivity contribution in [3.63, 3.8) is 0 Å². The molecule has 1 N–H and O–H groups in total. The minimum Gasteiger partial charge on any atom is -0.466 e. The van der Waals surface area contributed by atoms with Crippen LogP contribution in [0.4, 0.5) is 0 Å². The third-order valence-corrected chi connectivity index (χ3v) is 5.04. The van der Waals surface area contributed by atoms with E-state index >= 15 is 0 Å². The van der Waals surface area contributed by atoms with E-state index in [0.717, 1.165) is 19.3 Å². The van der Waals surface area contributed by atoms with Crippen molar-refractivity contribution in [1.29, 1.82) is 0 Å². The Morgan fingerprint density at radius 1 is 1.22 bits per heavy atom. The SMILES string of the molecule is CCOC(=O)C1CCCC(NC2CCSCC2)C1. The van der Waals surface area contributed by atoms with Crippen molar-refractivity contribution in [1.82, 2.24) is 5.32 Å². The molecule has 1 saturated carbocycles. The average Bonchev–Trinajstić information content (AvgIpc) is 2.40. The van der Waals surface area contributed by atoms with Gasteiger partial charge in [0.2, 0.25) is 0 Å². The van der Waals surface area contributed by atoms with E-state index in [4.69, 9.17) is 4.74 Å². The van der Waals surface area contributed by atoms with Gasteiger partial charge in [-0.3, -0.25) is 4.79 Å². The number of esters is 1. The summed E-state index contributed by atoms with van der Waals surface area (Å²) in [6, 6.07) is 1.21. The number of hydrogen-bond donors (Lipinski definition) is 1. The molecule has 0 radical (unpaired) electrons. The Bertz CT molecular complexity index is 267. The van der Waals surface area contributed by atoms with Crippen molar-refractivity contribution >= 4 is 17.7 Å². The van der Waals surface area contributed by atoms with Gasteiger partial charge >= 0.3 is 5.97 Å². The smallest absolute Gasteiger partial charge is 0.308 e. The van der Waals surface area contributed by atoms with Gasteiger partial charge in [-0.25, -0.2) is 0 Å². The van der Waals surface area contributed by atoms with Crippen LogP contribution in [-0.2, 0) is 9.53 Å². The van der Waals surface area contributed by atoms with E-state index in [1.54, 1.807) is 0 Å². The topological polar surface area (TPSA) is 38.3 Å². The number of nitrogens with one attached hydrogen (secondary N) is 1. The number of thioether (sulfide) groups is 1. The Labute approximate surface area is 114 Å². The summed E-state index contributed by atoms with van der Waals surface area (Å²) in [5.41, 5.74) is 0. The molecule has 2 unspecified atom stereocenters. The molecular weight excluding hydrogens is 246 g/mol. The maximum absolute atomic E-state index is 11.8. The Balaban J connectivity index is 1.77. The standard InChI is InChI=1S/C14H25NO2S/c1-2-17-14(16)11-4-3-5-13(10-11)15-12-6-8-18-9-7-12/h11-13,15H,2-10H2,1H3. The molecule has 2 aliphatic rings. The predicted molar refractivity (Wildman–Crippen MR) is 75.9 cm³/mol. The van der Waals surface area contributed by atoms with E-state index in [2.05, 4.69) is 17.1 Å². The van der Waals surface area contributed by atoms with Crippen LogP contribution >= 0.6 is 11.8 Å². The lowest BCUT2D eigenvalue weighted by Crippen LogP contribution is -2.44. The van der Waals surface area contributed by atoms with Gasteiger partial charge in [0.25, 0.3) is 0 Å². The lowest BCUT2D eigenvalue weighted by molar-refractivity contribution is -0.149. The van der Waals surface area contributed by atoms with E-state index in [1.807, 2.05) is 6.92 Å². The summed E-state index contributed by atoms with van der Waals surface area (Å²) in [5, 5.41) is 3.76. The fraction of sp³-hybridized carbons (Fsp3) is 0.929. The van der Waals surface area contributed by atoms with Crippen LogP contribution in [0.1, 0.15) is 45.4 Å². The molecule has 2 rings (SSSR count). The number of ether oxygens (including phenoxy) is 1. The largest absolute Gasteiger partial charge is 0.466 e. The van der Waals surface area contributed by atoms with Crippen LogP contribution in [0.5, 0.6) is 0 Å². The third kappa shape index (κ3) is 4.16. The molecule has 4 heteroatoms. The summed E-state index contributed by atoms with van der Waals surface area (Å²) < 4.78 is 5.15. The Morgan fingerprint density at radius 2 is 2.00 bits per heavy atom. The van der Waals surface area contributed by atoms with Gasteiger partial charge in [-0.2, -0.15) is 11.8 Å². The Kier molecular flexibility index (Phi) is 5.83. The monoisotopic (exact) mass is 271 g/mol. The fourth-order valence-corrected chi connectivity index (χ4v) is 4.12. The molecule has 0 aromatic rings. The molecule has 1 heterocycles. The van der Waals surface area contributed by atoms with Gasteiger partial charge in [-0.15, -0.1) is 0 Å². The van der Waals surface area contributed by atoms with Crippen molar-refractivity contribution in [3.05, 3.63) is 0 Å². The van der Waals surface area contributed by atoms with Gasteiger partial charge in [-0.05, 0) is 50.5 Å². The zero-order valence-corrected chi connectivity index (χ0v) is 12.1. The normalized spacial score (nSPS) is 30.1. The molecule has 2 atom stereocenters. The van der Waals surface area contributed by atoms with Crippen LogP contribution in [0.2, 0.25) is 0 Å². The lowest BCUT2D eigenvalue weighted by atomic mass is 9.85. The molecule has 1 saturated heterocycles. The summed E-state index contributed by atoms with van der Waals surface area (Å²) in [5.74, 6) is 2.72. The molecule has 0 aromatic carbocycles. The maximum atomic E-state index is 11.8. The number of rotatable bonds is 4. The highest BCUT2D eigenvalue weighted by Gasteiger charge is 2.29. The molecule has 2 fully saturated rings. The van der Waals surface area contributed by atoms with E-state index in [0.29, 0.717) is 18.7 Å². The van der Waals surface area contributed by atoms with Crippen LogP contribution in [-0.4, -0.2) is 36.2 Å². The van der Waals surface area contributed by atoms with Crippen LogP contribution in [0.3, 0.4) is 0 Å². The molecule has 1 aliphatic heterocycles. The first kappa shape index (κ1) is 14.2. The van der Waals surface area contributed by atoms with Gasteiger partial charge in [-0.1, -0.05) is 6.42 Å². The predicted octanol–water partition coefficient (Wildman–Crippen LogP) is 2.59. The van der Waals surface area contributed by atoms with Crippen molar-refractivity contribution in [2.45, 2.75) is 57.5 Å². The zero-order valence-electron chi connectivity index (χ0n) is 11.3. The molecule has 1 aliphatic carbocycles. The van der Waals surface area contributed by atoms with Gasteiger partial charge < -0.3 is 10.1 Å². The molecule has 0 amide bonds. The van der Waals surface area contributed by atoms with Gasteiger partial charge in [0.05, 0.1) is 12.5 Å². The number of carbonyl (C=O) groups excluding carboxylic acids is 1. The number of carbonyl (C=O) groups is 1. The summed E-state index contributed by atoms with van der Waals surface area (Å²) in [4.78, 5) is 11.8. The first-order chi connectivity index (χ1) is 8.79. The highest BCUT2D eigenvalue weighted by molar-refractivity contribution is 7.99. The molecule has 0 aromatic heterocycles. The van der Waals surface area contributed by atoms with Crippen LogP contribution in [0.25, 0.3) is 0 Å². The zero-order chi connectivity index (χ0) is 12.8. The Hall–Kier alpha value is -0.220. The van der Waals surface area contributed by atoms with Gasteiger partial charge in [0.15, 0.2) is 0 Å². The van der Waals surface area contributed by atoms with Gasteiger partial charge in [0, 0.05) is 12.1 Å². The minimum atomic E-state index is 0.0169. The quantitative estimate of drug-likeness (QED) is 0.798. The third-order valence-electron chi connectivity index (χ3n) is 3.99. The molecule has 18 heavy (non-hydrogen) atoms. The van der Waals surface area contributed by atoms with E-state index in [1.165, 1.54) is 30.8 Å². The van der Waals surface area contributed by atoms with Crippen molar-refractivity contribution in [2.75, 3.05) is 18.1 Å². The summed E-state index contributed by atoms with van der Waals surface area (Å²) in [6.07, 6.45) is 6.93. The average molecular weight is 271 g/mol. The second-order valence-corrected chi connectivity index (χ2v) is 6.59. The lowest BCUT2D eigenvalue weighted by Gasteiger charge is -2.33. The van der Waals surface area contributed by atoms with Gasteiger partial charge in [0.1, 0.15) is 0 Å². The minimum absolute atomic E-state index is 0.0169. The van der Waals surface area contributed by atoms with E-state index in [-0.39, 0.29) is 11.9 Å². The molecular formula is C14H25NO2S. The summed E-state index contributed by atoms with van der Waals surface area (Å²) in [6.45, 7) is 2.39. The van der Waals surface area contributed by atoms with Crippen LogP contribution in [0, 0.1) is 5.92 Å². The summed E-state index contributed by atoms with van der Waals surface area (Å²) >= 11 is 2.06. The first-order valence-corrected chi connectivity index (χ1v) is 8.45. The second-order valence-electron chi connectivity index (χ2n) is 5.37. The fourth-order valence-electron chi connectivity index (χ4n) is 3.01. The Morgan fingerprint density at radius 3 is 2.72 bits per heavy atom. The van der Waals surface area contributed by atoms with Crippen molar-refractivity contribution in [3.8, 4) is 0 Å². The van der Waals surface area contributed by atoms with E-state index < -0.39 is 0 Å². The highest BCUT2D eigenvalue weighted by atomic mass is 32.2. The van der Waals surface area contributed by atoms with E-state index in [9.17, 15) is 4.79 Å². The van der Waals surface area contributed by atoms with Crippen molar-refractivity contribution in [2.24, 2.45) is 5.92 Å². The number of hydrogen-bond acceptors (Lipinski definition) is 4. The molecule has 0 spiro atoms. The summed E-state index contributed by atoms with van der Waals surface area (Å²) in [7, 11) is 0. The first-order valence-electron chi connectivity index (χ1n) is 7.30. The highest BCUT2D eigenvalue weighted by Crippen LogP contribution is 2.27. The maximum Gasteiger partial charge on any atom is 0.308 e.